The fourth-order valence-corrected chi connectivity index (χ4v) is 4.63. The molecule has 2 heterocycles. The Labute approximate surface area is 182 Å². The molecule has 1 fully saturated rings. The zero-order chi connectivity index (χ0) is 20.9. The maximum Gasteiger partial charge on any atom is 0.251 e. The zero-order valence-corrected chi connectivity index (χ0v) is 18.4. The van der Waals surface area contributed by atoms with Gasteiger partial charge >= 0.3 is 0 Å². The monoisotopic (exact) mass is 423 g/mol. The topological polar surface area (TPSA) is 64.3 Å². The van der Waals surface area contributed by atoms with Crippen LogP contribution in [0.4, 0.5) is 0 Å². The molecule has 1 aromatic heterocycles. The van der Waals surface area contributed by atoms with E-state index in [0.717, 1.165) is 53.5 Å². The molecule has 6 nitrogen and oxygen atoms in total. The molecule has 0 radical (unpaired) electrons. The lowest BCUT2D eigenvalue weighted by molar-refractivity contribution is 0.0903. The van der Waals surface area contributed by atoms with Gasteiger partial charge in [0.15, 0.2) is 5.16 Å². The van der Waals surface area contributed by atoms with Crippen molar-refractivity contribution in [1.82, 2.24) is 25.1 Å². The minimum atomic E-state index is -0.00298. The summed E-state index contributed by atoms with van der Waals surface area (Å²) < 4.78 is 0. The molecule has 2 N–H and O–H groups in total. The number of H-pyrrole nitrogens is 1. The average Bonchev–Trinajstić information content (AvgIpc) is 3.19. The lowest BCUT2D eigenvalue weighted by Gasteiger charge is -2.36. The molecule has 30 heavy (non-hydrogen) atoms. The Kier molecular flexibility index (Phi) is 6.72. The minimum Gasteiger partial charge on any atom is -0.350 e. The number of fused-ring (bicyclic) bond motifs is 1. The predicted molar refractivity (Wildman–Crippen MR) is 123 cm³/mol. The van der Waals surface area contributed by atoms with Gasteiger partial charge in [-0.1, -0.05) is 42.1 Å². The van der Waals surface area contributed by atoms with Crippen molar-refractivity contribution in [1.29, 1.82) is 0 Å². The summed E-state index contributed by atoms with van der Waals surface area (Å²) in [7, 11) is 2.16. The highest BCUT2D eigenvalue weighted by Crippen LogP contribution is 2.24. The van der Waals surface area contributed by atoms with E-state index in [2.05, 4.69) is 39.1 Å². The van der Waals surface area contributed by atoms with Gasteiger partial charge in [-0.15, -0.1) is 0 Å². The number of para-hydroxylation sites is 2. The van der Waals surface area contributed by atoms with Crippen LogP contribution in [0.2, 0.25) is 0 Å². The predicted octanol–water partition coefficient (Wildman–Crippen LogP) is 3.22. The van der Waals surface area contributed by atoms with E-state index in [4.69, 9.17) is 0 Å². The first-order chi connectivity index (χ1) is 14.6. The normalized spacial score (nSPS) is 16.6. The molecule has 4 rings (SSSR count). The van der Waals surface area contributed by atoms with Gasteiger partial charge in [-0.25, -0.2) is 4.98 Å². The Morgan fingerprint density at radius 3 is 2.67 bits per heavy atom. The Bertz CT molecular complexity index is 963. The quantitative estimate of drug-likeness (QED) is 0.572. The Morgan fingerprint density at radius 2 is 1.87 bits per heavy atom. The van der Waals surface area contributed by atoms with Gasteiger partial charge in [-0.3, -0.25) is 9.69 Å². The van der Waals surface area contributed by atoms with Crippen LogP contribution in [0.5, 0.6) is 0 Å². The summed E-state index contributed by atoms with van der Waals surface area (Å²) in [6.45, 7) is 7.12. The fraction of sp³-hybridized carbons (Fsp3) is 0.391. The third kappa shape index (κ3) is 5.03. The van der Waals surface area contributed by atoms with Crippen molar-refractivity contribution in [3.05, 3.63) is 59.7 Å². The number of rotatable bonds is 7. The number of likely N-dealkylation sites (N-methyl/N-ethyl adjacent to an activating group) is 1. The van der Waals surface area contributed by atoms with E-state index in [0.29, 0.717) is 18.3 Å². The van der Waals surface area contributed by atoms with Crippen molar-refractivity contribution in [3.63, 3.8) is 0 Å². The third-order valence-electron chi connectivity index (χ3n) is 5.71. The second-order valence-corrected chi connectivity index (χ2v) is 8.87. The molecule has 0 saturated carbocycles. The number of imidazole rings is 1. The average molecular weight is 424 g/mol. The minimum absolute atomic E-state index is 0.00298. The van der Waals surface area contributed by atoms with E-state index in [1.54, 1.807) is 11.8 Å². The molecule has 1 unspecified atom stereocenters. The summed E-state index contributed by atoms with van der Waals surface area (Å²) in [5.74, 6) is 0.689. The molecule has 1 saturated heterocycles. The van der Waals surface area contributed by atoms with Gasteiger partial charge in [0.2, 0.25) is 0 Å². The Morgan fingerprint density at radius 1 is 1.13 bits per heavy atom. The SMILES string of the molecule is CC(CNC(=O)c1ccccc1CSc1nc2ccccc2[nH]1)N1CCN(C)CC1. The second kappa shape index (κ2) is 9.64. The molecule has 1 aliphatic rings. The first kappa shape index (κ1) is 20.9. The van der Waals surface area contributed by atoms with E-state index >= 15 is 0 Å². The van der Waals surface area contributed by atoms with Crippen molar-refractivity contribution in [2.24, 2.45) is 0 Å². The number of amides is 1. The molecule has 3 aromatic rings. The van der Waals surface area contributed by atoms with Crippen molar-refractivity contribution >= 4 is 28.7 Å². The molecule has 2 aromatic carbocycles. The number of hydrogen-bond donors (Lipinski definition) is 2. The van der Waals surface area contributed by atoms with Crippen LogP contribution in [-0.4, -0.2) is 71.5 Å². The number of nitrogens with zero attached hydrogens (tertiary/aromatic N) is 3. The number of benzene rings is 2. The summed E-state index contributed by atoms with van der Waals surface area (Å²) in [5, 5.41) is 4.01. The highest BCUT2D eigenvalue weighted by atomic mass is 32.2. The van der Waals surface area contributed by atoms with Gasteiger partial charge in [-0.2, -0.15) is 0 Å². The van der Waals surface area contributed by atoms with Gasteiger partial charge in [0, 0.05) is 50.1 Å². The number of thioether (sulfide) groups is 1. The van der Waals surface area contributed by atoms with Crippen LogP contribution in [0.1, 0.15) is 22.8 Å². The number of carbonyl (C=O) groups excluding carboxylic acids is 1. The summed E-state index contributed by atoms with van der Waals surface area (Å²) in [6.07, 6.45) is 0. The maximum atomic E-state index is 12.9. The summed E-state index contributed by atoms with van der Waals surface area (Å²) in [4.78, 5) is 25.6. The van der Waals surface area contributed by atoms with Crippen LogP contribution in [-0.2, 0) is 5.75 Å². The summed E-state index contributed by atoms with van der Waals surface area (Å²) in [5.41, 5.74) is 3.76. The number of piperazine rings is 1. The van der Waals surface area contributed by atoms with Crippen LogP contribution in [0, 0.1) is 0 Å². The van der Waals surface area contributed by atoms with Crippen molar-refractivity contribution in [2.75, 3.05) is 39.8 Å². The molecule has 1 atom stereocenters. The summed E-state index contributed by atoms with van der Waals surface area (Å²) >= 11 is 1.62. The largest absolute Gasteiger partial charge is 0.350 e. The van der Waals surface area contributed by atoms with E-state index in [1.165, 1.54) is 0 Å². The highest BCUT2D eigenvalue weighted by Gasteiger charge is 2.20. The second-order valence-electron chi connectivity index (χ2n) is 7.90. The number of aromatic nitrogens is 2. The molecule has 158 valence electrons. The third-order valence-corrected chi connectivity index (χ3v) is 6.64. The van der Waals surface area contributed by atoms with Gasteiger partial charge in [-0.05, 0) is 37.7 Å². The van der Waals surface area contributed by atoms with Gasteiger partial charge < -0.3 is 15.2 Å². The van der Waals surface area contributed by atoms with Crippen molar-refractivity contribution < 1.29 is 4.79 Å². The standard InChI is InChI=1S/C23H29N5OS/c1-17(28-13-11-27(2)12-14-28)15-24-22(29)19-8-4-3-7-18(19)16-30-23-25-20-9-5-6-10-21(20)26-23/h3-10,17H,11-16H2,1-2H3,(H,24,29)(H,25,26). The van der Waals surface area contributed by atoms with Crippen LogP contribution in [0.15, 0.2) is 53.7 Å². The number of aromatic amines is 1. The summed E-state index contributed by atoms with van der Waals surface area (Å²) in [6, 6.07) is 16.2. The molecular weight excluding hydrogens is 394 g/mol. The molecular formula is C23H29N5OS. The molecule has 0 spiro atoms. The Balaban J connectivity index is 1.35. The number of hydrogen-bond acceptors (Lipinski definition) is 5. The number of nitrogens with one attached hydrogen (secondary N) is 2. The van der Waals surface area contributed by atoms with Crippen LogP contribution in [0.25, 0.3) is 11.0 Å². The van der Waals surface area contributed by atoms with Crippen LogP contribution < -0.4 is 5.32 Å². The molecule has 0 bridgehead atoms. The van der Waals surface area contributed by atoms with E-state index < -0.39 is 0 Å². The van der Waals surface area contributed by atoms with E-state index in [9.17, 15) is 4.79 Å². The lowest BCUT2D eigenvalue weighted by atomic mass is 10.1. The smallest absolute Gasteiger partial charge is 0.251 e. The van der Waals surface area contributed by atoms with E-state index in [1.807, 2.05) is 48.5 Å². The number of carbonyl (C=O) groups is 1. The molecule has 1 aliphatic heterocycles. The van der Waals surface area contributed by atoms with Crippen LogP contribution in [0.3, 0.4) is 0 Å². The van der Waals surface area contributed by atoms with Crippen molar-refractivity contribution in [2.45, 2.75) is 23.9 Å². The lowest BCUT2D eigenvalue weighted by Crippen LogP contribution is -2.51. The van der Waals surface area contributed by atoms with Gasteiger partial charge in [0.1, 0.15) is 0 Å². The molecule has 1 amide bonds. The van der Waals surface area contributed by atoms with Crippen molar-refractivity contribution in [3.8, 4) is 0 Å². The zero-order valence-electron chi connectivity index (χ0n) is 17.6. The van der Waals surface area contributed by atoms with Gasteiger partial charge in [0.25, 0.3) is 5.91 Å². The fourth-order valence-electron chi connectivity index (χ4n) is 3.74. The maximum absolute atomic E-state index is 12.9. The molecule has 7 heteroatoms. The highest BCUT2D eigenvalue weighted by molar-refractivity contribution is 7.98. The Hall–Kier alpha value is -2.35. The van der Waals surface area contributed by atoms with Crippen LogP contribution >= 0.6 is 11.8 Å². The first-order valence-electron chi connectivity index (χ1n) is 10.5. The van der Waals surface area contributed by atoms with Gasteiger partial charge in [0.05, 0.1) is 11.0 Å². The van der Waals surface area contributed by atoms with E-state index in [-0.39, 0.29) is 5.91 Å². The molecule has 0 aliphatic carbocycles. The first-order valence-corrected chi connectivity index (χ1v) is 11.4.